The summed E-state index contributed by atoms with van der Waals surface area (Å²) < 4.78 is 18.8. The summed E-state index contributed by atoms with van der Waals surface area (Å²) in [5, 5.41) is 0.613. The molecule has 134 valence electrons. The van der Waals surface area contributed by atoms with Crippen LogP contribution in [-0.4, -0.2) is 36.0 Å². The first-order chi connectivity index (χ1) is 12.5. The zero-order chi connectivity index (χ0) is 18.7. The van der Waals surface area contributed by atoms with E-state index in [2.05, 4.69) is 4.98 Å². The minimum atomic E-state index is -0.346. The molecule has 1 aromatic heterocycles. The van der Waals surface area contributed by atoms with Gasteiger partial charge in [-0.1, -0.05) is 18.2 Å². The van der Waals surface area contributed by atoms with Crippen molar-refractivity contribution in [2.75, 3.05) is 14.2 Å². The molecule has 0 saturated heterocycles. The first-order valence-electron chi connectivity index (χ1n) is 8.44. The lowest BCUT2D eigenvalue weighted by molar-refractivity contribution is 0.0742. The van der Waals surface area contributed by atoms with Crippen LogP contribution in [0.4, 0.5) is 4.39 Å². The molecule has 3 aromatic rings. The second-order valence-electron chi connectivity index (χ2n) is 6.34. The molecule has 1 amide bonds. The third kappa shape index (κ3) is 3.67. The van der Waals surface area contributed by atoms with Gasteiger partial charge in [0.25, 0.3) is 5.91 Å². The van der Waals surface area contributed by atoms with E-state index in [1.54, 1.807) is 31.2 Å². The number of carbonyl (C=O) groups excluding carboxylic acids is 1. The van der Waals surface area contributed by atoms with Gasteiger partial charge in [-0.3, -0.25) is 9.78 Å². The maximum atomic E-state index is 13.4. The monoisotopic (exact) mass is 352 g/mol. The molecule has 3 rings (SSSR count). The average Bonchev–Trinajstić information content (AvgIpc) is 2.66. The van der Waals surface area contributed by atoms with Crippen LogP contribution < -0.4 is 4.74 Å². The number of amides is 1. The number of carbonyl (C=O) groups is 1. The van der Waals surface area contributed by atoms with E-state index in [9.17, 15) is 9.18 Å². The highest BCUT2D eigenvalue weighted by molar-refractivity contribution is 5.97. The van der Waals surface area contributed by atoms with Crippen molar-refractivity contribution in [3.8, 4) is 5.75 Å². The first kappa shape index (κ1) is 17.9. The zero-order valence-corrected chi connectivity index (χ0v) is 15.1. The van der Waals surface area contributed by atoms with Gasteiger partial charge in [-0.15, -0.1) is 0 Å². The molecule has 0 N–H and O–H groups in total. The molecule has 1 heterocycles. The van der Waals surface area contributed by atoms with Crippen LogP contribution in [0.5, 0.6) is 5.75 Å². The summed E-state index contributed by atoms with van der Waals surface area (Å²) in [4.78, 5) is 18.8. The van der Waals surface area contributed by atoms with E-state index in [0.717, 1.165) is 11.3 Å². The standard InChI is InChI=1S/C21H21FN2O2/c1-14(10-15-6-4-5-7-20(15)26-3)24(2)21(25)17-11-16-12-18(22)8-9-19(16)23-13-17/h4-9,11-14H,10H2,1-3H3/t14-/m1/s1. The highest BCUT2D eigenvalue weighted by atomic mass is 19.1. The van der Waals surface area contributed by atoms with Gasteiger partial charge in [0.2, 0.25) is 0 Å². The van der Waals surface area contributed by atoms with Crippen LogP contribution in [0.15, 0.2) is 54.7 Å². The molecule has 0 spiro atoms. The summed E-state index contributed by atoms with van der Waals surface area (Å²) in [6.45, 7) is 1.98. The molecule has 5 heteroatoms. The van der Waals surface area contributed by atoms with Gasteiger partial charge in [-0.25, -0.2) is 4.39 Å². The highest BCUT2D eigenvalue weighted by Crippen LogP contribution is 2.21. The van der Waals surface area contributed by atoms with Gasteiger partial charge in [0, 0.05) is 24.7 Å². The first-order valence-corrected chi connectivity index (χ1v) is 8.44. The van der Waals surface area contributed by atoms with Crippen LogP contribution in [0.2, 0.25) is 0 Å². The molecule has 4 nitrogen and oxygen atoms in total. The Labute approximate surface area is 152 Å². The summed E-state index contributed by atoms with van der Waals surface area (Å²) >= 11 is 0. The number of hydrogen-bond donors (Lipinski definition) is 0. The molecular weight excluding hydrogens is 331 g/mol. The van der Waals surface area contributed by atoms with Crippen molar-refractivity contribution in [3.05, 3.63) is 71.7 Å². The number of para-hydroxylation sites is 1. The largest absolute Gasteiger partial charge is 0.496 e. The fourth-order valence-electron chi connectivity index (χ4n) is 2.95. The van der Waals surface area contributed by atoms with E-state index in [1.807, 2.05) is 31.2 Å². The number of halogens is 1. The lowest BCUT2D eigenvalue weighted by atomic mass is 10.0. The number of nitrogens with zero attached hydrogens (tertiary/aromatic N) is 2. The number of pyridine rings is 1. The van der Waals surface area contributed by atoms with Gasteiger partial charge >= 0.3 is 0 Å². The Balaban J connectivity index is 1.80. The molecule has 26 heavy (non-hydrogen) atoms. The van der Waals surface area contributed by atoms with E-state index in [-0.39, 0.29) is 17.8 Å². The molecule has 0 aliphatic carbocycles. The number of methoxy groups -OCH3 is 1. The van der Waals surface area contributed by atoms with Crippen LogP contribution in [0.3, 0.4) is 0 Å². The van der Waals surface area contributed by atoms with E-state index in [0.29, 0.717) is 22.9 Å². The Morgan fingerprint density at radius 3 is 2.77 bits per heavy atom. The molecule has 1 atom stereocenters. The smallest absolute Gasteiger partial charge is 0.255 e. The predicted octanol–water partition coefficient (Wildman–Crippen LogP) is 4.09. The number of ether oxygens (including phenoxy) is 1. The quantitative estimate of drug-likeness (QED) is 0.695. The molecule has 0 radical (unpaired) electrons. The minimum Gasteiger partial charge on any atom is -0.496 e. The summed E-state index contributed by atoms with van der Waals surface area (Å²) in [5.74, 6) is 0.316. The maximum Gasteiger partial charge on any atom is 0.255 e. The molecule has 0 aliphatic heterocycles. The summed E-state index contributed by atoms with van der Waals surface area (Å²) in [5.41, 5.74) is 2.14. The summed E-state index contributed by atoms with van der Waals surface area (Å²) in [6, 6.07) is 13.8. The topological polar surface area (TPSA) is 42.4 Å². The van der Waals surface area contributed by atoms with Gasteiger partial charge < -0.3 is 9.64 Å². The number of likely N-dealkylation sites (N-methyl/N-ethyl adjacent to an activating group) is 1. The van der Waals surface area contributed by atoms with Crippen molar-refractivity contribution in [3.63, 3.8) is 0 Å². The second-order valence-corrected chi connectivity index (χ2v) is 6.34. The minimum absolute atomic E-state index is 0.0398. The van der Waals surface area contributed by atoms with Crippen LogP contribution in [0, 0.1) is 5.82 Å². The van der Waals surface area contributed by atoms with Crippen molar-refractivity contribution < 1.29 is 13.9 Å². The van der Waals surface area contributed by atoms with Gasteiger partial charge in [0.1, 0.15) is 11.6 Å². The van der Waals surface area contributed by atoms with Crippen LogP contribution >= 0.6 is 0 Å². The molecule has 0 fully saturated rings. The molecule has 0 bridgehead atoms. The van der Waals surface area contributed by atoms with Crippen molar-refractivity contribution in [2.24, 2.45) is 0 Å². The normalized spacial score (nSPS) is 12.0. The highest BCUT2D eigenvalue weighted by Gasteiger charge is 2.19. The summed E-state index contributed by atoms with van der Waals surface area (Å²) in [6.07, 6.45) is 2.21. The molecule has 0 aliphatic rings. The van der Waals surface area contributed by atoms with Gasteiger partial charge in [0.15, 0.2) is 0 Å². The number of hydrogen-bond acceptors (Lipinski definition) is 3. The van der Waals surface area contributed by atoms with Crippen LogP contribution in [0.25, 0.3) is 10.9 Å². The van der Waals surface area contributed by atoms with Gasteiger partial charge in [0.05, 0.1) is 18.2 Å². The molecule has 0 saturated carbocycles. The Morgan fingerprint density at radius 1 is 1.23 bits per heavy atom. The maximum absolute atomic E-state index is 13.4. The van der Waals surface area contributed by atoms with Crippen molar-refractivity contribution in [2.45, 2.75) is 19.4 Å². The van der Waals surface area contributed by atoms with Crippen molar-refractivity contribution in [1.82, 2.24) is 9.88 Å². The van der Waals surface area contributed by atoms with Crippen molar-refractivity contribution >= 4 is 16.8 Å². The second kappa shape index (κ2) is 7.52. The van der Waals surface area contributed by atoms with Gasteiger partial charge in [-0.05, 0) is 49.2 Å². The van der Waals surface area contributed by atoms with Gasteiger partial charge in [-0.2, -0.15) is 0 Å². The Hall–Kier alpha value is -2.95. The van der Waals surface area contributed by atoms with E-state index >= 15 is 0 Å². The molecule has 0 unspecified atom stereocenters. The molecular formula is C21H21FN2O2. The fourth-order valence-corrected chi connectivity index (χ4v) is 2.95. The average molecular weight is 352 g/mol. The lowest BCUT2D eigenvalue weighted by Gasteiger charge is -2.25. The SMILES string of the molecule is COc1ccccc1C[C@@H](C)N(C)C(=O)c1cnc2ccc(F)cc2c1. The zero-order valence-electron chi connectivity index (χ0n) is 15.1. The predicted molar refractivity (Wildman–Crippen MR) is 100.0 cm³/mol. The number of benzene rings is 2. The fraction of sp³-hybridized carbons (Fsp3) is 0.238. The number of rotatable bonds is 5. The number of fused-ring (bicyclic) bond motifs is 1. The summed E-state index contributed by atoms with van der Waals surface area (Å²) in [7, 11) is 3.40. The Kier molecular flexibility index (Phi) is 5.16. The Morgan fingerprint density at radius 2 is 2.00 bits per heavy atom. The third-order valence-corrected chi connectivity index (χ3v) is 4.58. The number of aromatic nitrogens is 1. The Bertz CT molecular complexity index is 942. The van der Waals surface area contributed by atoms with E-state index in [1.165, 1.54) is 18.3 Å². The van der Waals surface area contributed by atoms with Crippen LogP contribution in [-0.2, 0) is 6.42 Å². The van der Waals surface area contributed by atoms with Crippen LogP contribution in [0.1, 0.15) is 22.8 Å². The van der Waals surface area contributed by atoms with Crippen molar-refractivity contribution in [1.29, 1.82) is 0 Å². The lowest BCUT2D eigenvalue weighted by Crippen LogP contribution is -2.36. The molecule has 2 aromatic carbocycles. The third-order valence-electron chi connectivity index (χ3n) is 4.58. The van der Waals surface area contributed by atoms with E-state index in [4.69, 9.17) is 4.74 Å². The van der Waals surface area contributed by atoms with E-state index < -0.39 is 0 Å².